The molecule has 5 aromatic rings. The Bertz CT molecular complexity index is 2730. The van der Waals surface area contributed by atoms with Gasteiger partial charge in [-0.15, -0.1) is 0 Å². The maximum Gasteiger partial charge on any atom is 0.329 e. The molecule has 336 valence electrons. The second-order valence-electron chi connectivity index (χ2n) is 17.4. The summed E-state index contributed by atoms with van der Waals surface area (Å²) in [6.07, 6.45) is 4.03. The fraction of sp³-hybridized carbons (Fsp3) is 0.422. The lowest BCUT2D eigenvalue weighted by atomic mass is 9.96. The lowest BCUT2D eigenvalue weighted by Gasteiger charge is -2.46. The van der Waals surface area contributed by atoms with E-state index < -0.39 is 19.1 Å². The molecule has 0 bridgehead atoms. The summed E-state index contributed by atoms with van der Waals surface area (Å²) in [5.74, 6) is 0.710. The molecule has 2 aromatic heterocycles. The Balaban J connectivity index is 0.753. The summed E-state index contributed by atoms with van der Waals surface area (Å²) in [5.41, 5.74) is 4.43. The van der Waals surface area contributed by atoms with Crippen molar-refractivity contribution in [2.75, 3.05) is 93.2 Å². The molecular formula is C45H53ClN11O6P. The largest absolute Gasteiger partial charge is 0.494 e. The van der Waals surface area contributed by atoms with Crippen molar-refractivity contribution in [3.05, 3.63) is 82.4 Å². The summed E-state index contributed by atoms with van der Waals surface area (Å²) < 4.78 is 21.8. The molecule has 3 aromatic carbocycles. The topological polar surface area (TPSA) is 179 Å². The summed E-state index contributed by atoms with van der Waals surface area (Å²) in [6, 6.07) is 18.9. The Kier molecular flexibility index (Phi) is 11.9. The molecule has 19 heteroatoms. The zero-order valence-corrected chi connectivity index (χ0v) is 38.1. The van der Waals surface area contributed by atoms with Crippen molar-refractivity contribution >= 4 is 87.3 Å². The number of nitrogens with one attached hydrogen (secondary N) is 3. The van der Waals surface area contributed by atoms with Gasteiger partial charge in [0.1, 0.15) is 24.0 Å². The van der Waals surface area contributed by atoms with Crippen molar-refractivity contribution in [2.24, 2.45) is 13.0 Å². The number of hydrogen-bond acceptors (Lipinski definition) is 13. The summed E-state index contributed by atoms with van der Waals surface area (Å²) in [4.78, 5) is 69.3. The second kappa shape index (κ2) is 17.6. The molecule has 4 fully saturated rings. The monoisotopic (exact) mass is 909 g/mol. The van der Waals surface area contributed by atoms with Gasteiger partial charge in [0.2, 0.25) is 23.7 Å². The number of piperidine rings is 2. The normalized spacial score (nSPS) is 19.1. The van der Waals surface area contributed by atoms with Crippen LogP contribution in [0, 0.1) is 5.92 Å². The summed E-state index contributed by atoms with van der Waals surface area (Å²) in [6.45, 7) is 9.61. The fourth-order valence-electron chi connectivity index (χ4n) is 9.47. The SMILES string of the molecule is COc1cc(N2CCC(N3CCN(C(=O)C4CN(c5ccc6c(c5)n(C)c(=O)n6C5CCC(=O)NC5=O)C4)CC3)CC2)ccc1Nc1ncc(Cl)c(Nc2ccccc2P(C)(C)=O)n1. The average molecular weight is 910 g/mol. The van der Waals surface area contributed by atoms with Crippen LogP contribution in [0.1, 0.15) is 31.7 Å². The molecule has 4 aliphatic heterocycles. The number of nitrogens with zero attached hydrogens (tertiary/aromatic N) is 8. The minimum atomic E-state index is -2.56. The lowest BCUT2D eigenvalue weighted by molar-refractivity contribution is -0.138. The van der Waals surface area contributed by atoms with Crippen molar-refractivity contribution in [2.45, 2.75) is 37.8 Å². The van der Waals surface area contributed by atoms with Crippen molar-refractivity contribution < 1.29 is 23.7 Å². The molecule has 64 heavy (non-hydrogen) atoms. The van der Waals surface area contributed by atoms with Gasteiger partial charge in [0.15, 0.2) is 5.82 Å². The van der Waals surface area contributed by atoms with Crippen LogP contribution in [0.4, 0.5) is 34.5 Å². The molecule has 0 aliphatic carbocycles. The van der Waals surface area contributed by atoms with Gasteiger partial charge in [-0.3, -0.25) is 33.7 Å². The van der Waals surface area contributed by atoms with Crippen LogP contribution in [0.2, 0.25) is 5.02 Å². The molecule has 3 amide bonds. The number of piperazine rings is 1. The highest BCUT2D eigenvalue weighted by Crippen LogP contribution is 2.39. The Morgan fingerprint density at radius 3 is 2.30 bits per heavy atom. The molecular weight excluding hydrogens is 857 g/mol. The zero-order chi connectivity index (χ0) is 44.9. The number of imide groups is 1. The summed E-state index contributed by atoms with van der Waals surface area (Å²) in [5, 5.41) is 9.91. The molecule has 0 saturated carbocycles. The van der Waals surface area contributed by atoms with E-state index in [0.717, 1.165) is 50.4 Å². The average Bonchev–Trinajstić information content (AvgIpc) is 3.52. The van der Waals surface area contributed by atoms with Gasteiger partial charge < -0.3 is 34.6 Å². The van der Waals surface area contributed by atoms with Gasteiger partial charge in [0.25, 0.3) is 0 Å². The number of methoxy groups -OCH3 is 1. The van der Waals surface area contributed by atoms with Crippen LogP contribution >= 0.6 is 18.7 Å². The van der Waals surface area contributed by atoms with E-state index in [2.05, 4.69) is 46.7 Å². The first kappa shape index (κ1) is 43.4. The van der Waals surface area contributed by atoms with Gasteiger partial charge in [-0.25, -0.2) is 9.78 Å². The summed E-state index contributed by atoms with van der Waals surface area (Å²) in [7, 11) is 0.768. The minimum Gasteiger partial charge on any atom is -0.494 e. The zero-order valence-electron chi connectivity index (χ0n) is 36.4. The number of aromatic nitrogens is 4. The van der Waals surface area contributed by atoms with E-state index in [-0.39, 0.29) is 36.3 Å². The van der Waals surface area contributed by atoms with Gasteiger partial charge in [-0.1, -0.05) is 23.7 Å². The Hall–Kier alpha value is -5.90. The van der Waals surface area contributed by atoms with E-state index >= 15 is 0 Å². The van der Waals surface area contributed by atoms with E-state index in [1.165, 1.54) is 15.3 Å². The van der Waals surface area contributed by atoms with Crippen molar-refractivity contribution in [3.8, 4) is 5.75 Å². The van der Waals surface area contributed by atoms with E-state index in [9.17, 15) is 23.7 Å². The van der Waals surface area contributed by atoms with Crippen LogP contribution in [0.25, 0.3) is 11.0 Å². The predicted molar refractivity (Wildman–Crippen MR) is 250 cm³/mol. The van der Waals surface area contributed by atoms with E-state index in [1.807, 2.05) is 59.5 Å². The molecule has 9 rings (SSSR count). The third kappa shape index (κ3) is 8.55. The van der Waals surface area contributed by atoms with Crippen molar-refractivity contribution in [3.63, 3.8) is 0 Å². The highest BCUT2D eigenvalue weighted by Gasteiger charge is 2.38. The third-order valence-corrected chi connectivity index (χ3v) is 14.9. The lowest BCUT2D eigenvalue weighted by Crippen LogP contribution is -2.59. The summed E-state index contributed by atoms with van der Waals surface area (Å²) >= 11 is 6.49. The highest BCUT2D eigenvalue weighted by atomic mass is 35.5. The smallest absolute Gasteiger partial charge is 0.329 e. The van der Waals surface area contributed by atoms with E-state index in [0.29, 0.717) is 82.5 Å². The molecule has 4 aliphatic rings. The number of anilines is 6. The number of amides is 3. The third-order valence-electron chi connectivity index (χ3n) is 13.1. The van der Waals surface area contributed by atoms with Crippen LogP contribution in [-0.2, 0) is 26.0 Å². The van der Waals surface area contributed by atoms with Crippen LogP contribution in [-0.4, -0.2) is 125 Å². The molecule has 3 N–H and O–H groups in total. The van der Waals surface area contributed by atoms with Crippen LogP contribution in [0.3, 0.4) is 0 Å². The van der Waals surface area contributed by atoms with Crippen LogP contribution in [0.5, 0.6) is 5.75 Å². The predicted octanol–water partition coefficient (Wildman–Crippen LogP) is 4.75. The first-order chi connectivity index (χ1) is 30.7. The molecule has 4 saturated heterocycles. The number of halogens is 1. The van der Waals surface area contributed by atoms with E-state index in [1.54, 1.807) is 27.5 Å². The Morgan fingerprint density at radius 2 is 1.58 bits per heavy atom. The van der Waals surface area contributed by atoms with Crippen LogP contribution in [0.15, 0.2) is 71.7 Å². The minimum absolute atomic E-state index is 0.0820. The number of fused-ring (bicyclic) bond motifs is 1. The number of imidazole rings is 1. The van der Waals surface area contributed by atoms with Gasteiger partial charge in [-0.2, -0.15) is 4.98 Å². The second-order valence-corrected chi connectivity index (χ2v) is 21.0. The molecule has 0 radical (unpaired) electrons. The number of carbonyl (C=O) groups excluding carboxylic acids is 3. The van der Waals surface area contributed by atoms with Gasteiger partial charge in [-0.05, 0) is 75.1 Å². The maximum atomic E-state index is 13.6. The first-order valence-corrected chi connectivity index (χ1v) is 24.7. The number of para-hydroxylation sites is 1. The number of ether oxygens (including phenoxy) is 1. The Labute approximate surface area is 376 Å². The van der Waals surface area contributed by atoms with Gasteiger partial charge >= 0.3 is 5.69 Å². The van der Waals surface area contributed by atoms with Crippen LogP contribution < -0.4 is 41.5 Å². The molecule has 0 spiro atoms. The number of hydrogen-bond donors (Lipinski definition) is 3. The molecule has 1 atom stereocenters. The quantitative estimate of drug-likeness (QED) is 0.122. The fourth-order valence-corrected chi connectivity index (χ4v) is 10.8. The standard InChI is InChI=1S/C45H53ClN11O6P/c1-52-37-23-30(10-12-35(37)57(45(52)61)36-13-14-40(58)50-42(36)59)56-26-28(27-56)43(60)55-21-19-54(20-22-55)29-15-17-53(18-16-29)31-9-11-33(38(24-31)63-2)49-44-47-25-32(46)41(51-44)48-34-7-5-6-8-39(34)64(3,4)62/h5-12,23-25,28-29,36H,13-22,26-27H2,1-4H3,(H,50,58,59)(H2,47,48,49,51). The van der Waals surface area contributed by atoms with E-state index in [4.69, 9.17) is 16.3 Å². The number of rotatable bonds is 11. The highest BCUT2D eigenvalue weighted by molar-refractivity contribution is 7.70. The number of carbonyl (C=O) groups is 3. The molecule has 17 nitrogen and oxygen atoms in total. The first-order valence-electron chi connectivity index (χ1n) is 21.7. The van der Waals surface area contributed by atoms with Gasteiger partial charge in [0.05, 0.1) is 41.6 Å². The van der Waals surface area contributed by atoms with Gasteiger partial charge in [0, 0.05) is 94.6 Å². The Morgan fingerprint density at radius 1 is 0.859 bits per heavy atom. The molecule has 1 unspecified atom stereocenters. The molecule has 6 heterocycles. The van der Waals surface area contributed by atoms with Crippen molar-refractivity contribution in [1.29, 1.82) is 0 Å². The maximum absolute atomic E-state index is 13.6. The number of benzene rings is 3. The van der Waals surface area contributed by atoms with Crippen molar-refractivity contribution in [1.82, 2.24) is 34.2 Å². The number of aryl methyl sites for hydroxylation is 1.